The van der Waals surface area contributed by atoms with Crippen LogP contribution in [0.2, 0.25) is 0 Å². The molecule has 3 nitrogen and oxygen atoms in total. The molecule has 1 aromatic heterocycles. The number of thiophene rings is 1. The highest BCUT2D eigenvalue weighted by molar-refractivity contribution is 7.10. The van der Waals surface area contributed by atoms with Crippen LogP contribution in [0, 0.1) is 5.92 Å². The summed E-state index contributed by atoms with van der Waals surface area (Å²) in [4.78, 5) is 4.06. The van der Waals surface area contributed by atoms with Crippen molar-refractivity contribution in [3.8, 4) is 0 Å². The molecule has 0 saturated carbocycles. The average Bonchev–Trinajstić information content (AvgIpc) is 3.08. The number of fused-ring (bicyclic) bond motifs is 1. The van der Waals surface area contributed by atoms with Crippen LogP contribution in [-0.2, 0) is 4.74 Å². The summed E-state index contributed by atoms with van der Waals surface area (Å²) in [6, 6.07) is 5.53. The lowest BCUT2D eigenvalue weighted by Gasteiger charge is -2.36. The summed E-state index contributed by atoms with van der Waals surface area (Å²) in [6.07, 6.45) is 3.02. The molecule has 2 aliphatic heterocycles. The van der Waals surface area contributed by atoms with Crippen molar-refractivity contribution < 1.29 is 4.74 Å². The zero-order chi connectivity index (χ0) is 13.9. The quantitative estimate of drug-likeness (QED) is 0.904. The molecule has 1 N–H and O–H groups in total. The summed E-state index contributed by atoms with van der Waals surface area (Å²) in [5.41, 5.74) is 0. The fourth-order valence-corrected chi connectivity index (χ4v) is 4.37. The van der Waals surface area contributed by atoms with Crippen molar-refractivity contribution in [3.63, 3.8) is 0 Å². The van der Waals surface area contributed by atoms with Crippen molar-refractivity contribution in [1.82, 2.24) is 10.2 Å². The standard InChI is InChI=1S/C16H26N2OS/c1-12(2)16(15-6-4-8-20-15)17-9-14-10-18-7-3-5-13(18)11-19-14/h4,6,8,12-14,16-17H,3,5,7,9-11H2,1-2H3. The SMILES string of the molecule is CC(C)C(NCC1CN2CCCC2CO1)c1cccs1. The molecule has 0 bridgehead atoms. The van der Waals surface area contributed by atoms with E-state index in [1.54, 1.807) is 0 Å². The Kier molecular flexibility index (Phi) is 4.76. The van der Waals surface area contributed by atoms with Crippen LogP contribution < -0.4 is 5.32 Å². The van der Waals surface area contributed by atoms with E-state index in [0.29, 0.717) is 24.1 Å². The lowest BCUT2D eigenvalue weighted by molar-refractivity contribution is -0.0483. The Morgan fingerprint density at radius 2 is 2.40 bits per heavy atom. The molecular weight excluding hydrogens is 268 g/mol. The molecule has 0 radical (unpaired) electrons. The molecule has 3 unspecified atom stereocenters. The van der Waals surface area contributed by atoms with Gasteiger partial charge in [0.25, 0.3) is 0 Å². The van der Waals surface area contributed by atoms with Gasteiger partial charge in [0.15, 0.2) is 0 Å². The van der Waals surface area contributed by atoms with E-state index in [4.69, 9.17) is 4.74 Å². The third-order valence-corrected chi connectivity index (χ3v) is 5.50. The minimum atomic E-state index is 0.352. The van der Waals surface area contributed by atoms with E-state index in [0.717, 1.165) is 19.7 Å². The van der Waals surface area contributed by atoms with Gasteiger partial charge >= 0.3 is 0 Å². The van der Waals surface area contributed by atoms with Crippen molar-refractivity contribution in [1.29, 1.82) is 0 Å². The van der Waals surface area contributed by atoms with Crippen LogP contribution in [0.4, 0.5) is 0 Å². The highest BCUT2D eigenvalue weighted by atomic mass is 32.1. The fourth-order valence-electron chi connectivity index (χ4n) is 3.40. The van der Waals surface area contributed by atoms with Crippen LogP contribution in [0.1, 0.15) is 37.6 Å². The molecule has 4 heteroatoms. The lowest BCUT2D eigenvalue weighted by Crippen LogP contribution is -2.49. The van der Waals surface area contributed by atoms with Crippen LogP contribution in [-0.4, -0.2) is 43.3 Å². The first-order valence-electron chi connectivity index (χ1n) is 7.86. The number of hydrogen-bond acceptors (Lipinski definition) is 4. The van der Waals surface area contributed by atoms with Crippen LogP contribution in [0.25, 0.3) is 0 Å². The molecule has 3 rings (SSSR count). The van der Waals surface area contributed by atoms with Gasteiger partial charge in [0.05, 0.1) is 12.7 Å². The minimum absolute atomic E-state index is 0.352. The van der Waals surface area contributed by atoms with Crippen LogP contribution >= 0.6 is 11.3 Å². The third-order valence-electron chi connectivity index (χ3n) is 4.54. The molecule has 0 spiro atoms. The Bertz CT molecular complexity index is 407. The van der Waals surface area contributed by atoms with Gasteiger partial charge in [0.2, 0.25) is 0 Å². The van der Waals surface area contributed by atoms with Gasteiger partial charge < -0.3 is 10.1 Å². The van der Waals surface area contributed by atoms with Gasteiger partial charge in [-0.3, -0.25) is 4.90 Å². The average molecular weight is 294 g/mol. The van der Waals surface area contributed by atoms with E-state index in [1.807, 2.05) is 11.3 Å². The van der Waals surface area contributed by atoms with E-state index in [2.05, 4.69) is 41.6 Å². The van der Waals surface area contributed by atoms with Gasteiger partial charge in [-0.05, 0) is 36.8 Å². The summed E-state index contributed by atoms with van der Waals surface area (Å²) in [5, 5.41) is 5.89. The van der Waals surface area contributed by atoms with Gasteiger partial charge in [0, 0.05) is 30.1 Å². The normalized spacial score (nSPS) is 28.8. The van der Waals surface area contributed by atoms with Gasteiger partial charge in [0.1, 0.15) is 0 Å². The van der Waals surface area contributed by atoms with E-state index < -0.39 is 0 Å². The molecule has 2 saturated heterocycles. The first-order chi connectivity index (χ1) is 9.74. The summed E-state index contributed by atoms with van der Waals surface area (Å²) >= 11 is 1.85. The van der Waals surface area contributed by atoms with Gasteiger partial charge in [-0.1, -0.05) is 19.9 Å². The molecule has 2 fully saturated rings. The van der Waals surface area contributed by atoms with E-state index >= 15 is 0 Å². The second-order valence-electron chi connectivity index (χ2n) is 6.39. The number of morpholine rings is 1. The predicted molar refractivity (Wildman–Crippen MR) is 84.2 cm³/mol. The molecule has 3 heterocycles. The van der Waals surface area contributed by atoms with Crippen molar-refractivity contribution in [2.75, 3.05) is 26.2 Å². The second kappa shape index (κ2) is 6.56. The number of nitrogens with zero attached hydrogens (tertiary/aromatic N) is 1. The van der Waals surface area contributed by atoms with E-state index in [-0.39, 0.29) is 0 Å². The predicted octanol–water partition coefficient (Wildman–Crippen LogP) is 2.90. The van der Waals surface area contributed by atoms with Crippen LogP contribution in [0.15, 0.2) is 17.5 Å². The van der Waals surface area contributed by atoms with Crippen LogP contribution in [0.5, 0.6) is 0 Å². The molecule has 0 amide bonds. The van der Waals surface area contributed by atoms with Gasteiger partial charge in [-0.15, -0.1) is 11.3 Å². The molecule has 2 aliphatic rings. The third kappa shape index (κ3) is 3.25. The van der Waals surface area contributed by atoms with Gasteiger partial charge in [-0.2, -0.15) is 0 Å². The minimum Gasteiger partial charge on any atom is -0.374 e. The summed E-state index contributed by atoms with van der Waals surface area (Å²) in [6.45, 7) is 8.84. The maximum Gasteiger partial charge on any atom is 0.0827 e. The second-order valence-corrected chi connectivity index (χ2v) is 7.37. The lowest BCUT2D eigenvalue weighted by atomic mass is 10.0. The maximum absolute atomic E-state index is 6.04. The molecule has 20 heavy (non-hydrogen) atoms. The number of rotatable bonds is 5. The Labute approximate surface area is 126 Å². The van der Waals surface area contributed by atoms with E-state index in [1.165, 1.54) is 24.3 Å². The maximum atomic E-state index is 6.04. The Balaban J connectivity index is 1.53. The van der Waals surface area contributed by atoms with Crippen molar-refractivity contribution in [2.24, 2.45) is 5.92 Å². The van der Waals surface area contributed by atoms with Crippen molar-refractivity contribution in [2.45, 2.75) is 44.9 Å². The fraction of sp³-hybridized carbons (Fsp3) is 0.750. The number of hydrogen-bond donors (Lipinski definition) is 1. The van der Waals surface area contributed by atoms with Crippen LogP contribution in [0.3, 0.4) is 0 Å². The van der Waals surface area contributed by atoms with Crippen molar-refractivity contribution >= 4 is 11.3 Å². The first-order valence-corrected chi connectivity index (χ1v) is 8.74. The Morgan fingerprint density at radius 1 is 1.50 bits per heavy atom. The molecule has 112 valence electrons. The zero-order valence-electron chi connectivity index (χ0n) is 12.5. The van der Waals surface area contributed by atoms with Gasteiger partial charge in [-0.25, -0.2) is 0 Å². The Morgan fingerprint density at radius 3 is 3.15 bits per heavy atom. The monoisotopic (exact) mass is 294 g/mol. The zero-order valence-corrected chi connectivity index (χ0v) is 13.4. The molecule has 1 aromatic rings. The first kappa shape index (κ1) is 14.5. The molecular formula is C16H26N2OS. The topological polar surface area (TPSA) is 24.5 Å². The highest BCUT2D eigenvalue weighted by Crippen LogP contribution is 2.27. The largest absolute Gasteiger partial charge is 0.374 e. The summed E-state index contributed by atoms with van der Waals surface area (Å²) in [7, 11) is 0. The summed E-state index contributed by atoms with van der Waals surface area (Å²) in [5.74, 6) is 0.608. The number of nitrogens with one attached hydrogen (secondary N) is 1. The smallest absolute Gasteiger partial charge is 0.0827 e. The Hall–Kier alpha value is -0.420. The number of ether oxygens (including phenoxy) is 1. The van der Waals surface area contributed by atoms with E-state index in [9.17, 15) is 0 Å². The highest BCUT2D eigenvalue weighted by Gasteiger charge is 2.32. The molecule has 0 aromatic carbocycles. The molecule has 3 atom stereocenters. The molecule has 0 aliphatic carbocycles. The summed E-state index contributed by atoms with van der Waals surface area (Å²) < 4.78 is 6.04. The van der Waals surface area contributed by atoms with Crippen molar-refractivity contribution in [3.05, 3.63) is 22.4 Å².